The van der Waals surface area contributed by atoms with Gasteiger partial charge in [-0.05, 0) is 54.6 Å². The van der Waals surface area contributed by atoms with Crippen LogP contribution < -0.4 is 20.5 Å². The highest BCUT2D eigenvalue weighted by Crippen LogP contribution is 2.30. The Balaban J connectivity index is 1.16. The van der Waals surface area contributed by atoms with E-state index in [9.17, 15) is 4.79 Å². The van der Waals surface area contributed by atoms with Gasteiger partial charge >= 0.3 is 0 Å². The summed E-state index contributed by atoms with van der Waals surface area (Å²) in [6.07, 6.45) is 5.14. The minimum absolute atomic E-state index is 0.135. The summed E-state index contributed by atoms with van der Waals surface area (Å²) in [5, 5.41) is 4.09. The first-order valence-electron chi connectivity index (χ1n) is 11.8. The molecule has 178 valence electrons. The molecule has 1 amide bonds. The van der Waals surface area contributed by atoms with Crippen LogP contribution in [0.4, 0.5) is 5.82 Å². The molecule has 2 atom stereocenters. The molecule has 3 heterocycles. The molecule has 0 bridgehead atoms. The molecule has 7 nitrogen and oxygen atoms in total. The standard InChI is InChI=1S/C28H29N5O2/c1-19-14-24(32-35-25-10-8-22-12-13-29-26(22)16-25)15-20(2)33(19)27-11-9-23(18-30-27)28(34)31-17-21-6-4-3-5-7-21/h3-13,16,18,20,24,29,32H,1,14-15,17H2,2H3,(H,31,34). The largest absolute Gasteiger partial charge is 0.408 e. The molecule has 3 N–H and O–H groups in total. The Morgan fingerprint density at radius 3 is 2.80 bits per heavy atom. The number of pyridine rings is 1. The number of nitrogens with zero attached hydrogens (tertiary/aromatic N) is 2. The zero-order valence-corrected chi connectivity index (χ0v) is 19.7. The summed E-state index contributed by atoms with van der Waals surface area (Å²) in [4.78, 5) is 28.3. The third kappa shape index (κ3) is 5.20. The van der Waals surface area contributed by atoms with Crippen molar-refractivity contribution < 1.29 is 9.63 Å². The van der Waals surface area contributed by atoms with Gasteiger partial charge in [0.25, 0.3) is 5.91 Å². The molecule has 0 aliphatic carbocycles. The lowest BCUT2D eigenvalue weighted by Gasteiger charge is -2.40. The molecule has 5 rings (SSSR count). The molecular weight excluding hydrogens is 438 g/mol. The van der Waals surface area contributed by atoms with Crippen LogP contribution in [0.3, 0.4) is 0 Å². The number of amides is 1. The van der Waals surface area contributed by atoms with Crippen molar-refractivity contribution in [3.05, 3.63) is 103 Å². The zero-order valence-electron chi connectivity index (χ0n) is 19.7. The van der Waals surface area contributed by atoms with E-state index in [1.807, 2.05) is 72.9 Å². The topological polar surface area (TPSA) is 82.3 Å². The SMILES string of the molecule is C=C1CC(NOc2ccc3cc[nH]c3c2)CC(C)N1c1ccc(C(=O)NCc2ccccc2)cn1. The minimum atomic E-state index is -0.141. The van der Waals surface area contributed by atoms with E-state index in [2.05, 4.69) is 39.2 Å². The van der Waals surface area contributed by atoms with Gasteiger partial charge in [0.2, 0.25) is 0 Å². The molecule has 2 unspecified atom stereocenters. The van der Waals surface area contributed by atoms with Crippen molar-refractivity contribution >= 4 is 22.6 Å². The quantitative estimate of drug-likeness (QED) is 0.335. The Morgan fingerprint density at radius 2 is 2.03 bits per heavy atom. The second-order valence-electron chi connectivity index (χ2n) is 8.94. The maximum Gasteiger partial charge on any atom is 0.253 e. The highest BCUT2D eigenvalue weighted by atomic mass is 16.6. The summed E-state index contributed by atoms with van der Waals surface area (Å²) in [6, 6.07) is 21.9. The van der Waals surface area contributed by atoms with E-state index in [-0.39, 0.29) is 18.0 Å². The number of aromatic amines is 1. The van der Waals surface area contributed by atoms with E-state index >= 15 is 0 Å². The van der Waals surface area contributed by atoms with E-state index in [0.29, 0.717) is 12.1 Å². The van der Waals surface area contributed by atoms with E-state index in [0.717, 1.165) is 46.6 Å². The molecule has 2 aromatic carbocycles. The highest BCUT2D eigenvalue weighted by Gasteiger charge is 2.30. The number of benzene rings is 2. The predicted octanol–water partition coefficient (Wildman–Crippen LogP) is 4.95. The van der Waals surface area contributed by atoms with Crippen LogP contribution in [0.5, 0.6) is 5.75 Å². The number of hydroxylamine groups is 1. The first-order valence-corrected chi connectivity index (χ1v) is 11.8. The number of nitrogens with one attached hydrogen (secondary N) is 3. The van der Waals surface area contributed by atoms with E-state index in [4.69, 9.17) is 4.84 Å². The first-order chi connectivity index (χ1) is 17.1. The van der Waals surface area contributed by atoms with Crippen molar-refractivity contribution in [1.82, 2.24) is 20.8 Å². The van der Waals surface area contributed by atoms with Crippen LogP contribution in [0.25, 0.3) is 10.9 Å². The minimum Gasteiger partial charge on any atom is -0.408 e. The Labute approximate surface area is 204 Å². The van der Waals surface area contributed by atoms with Gasteiger partial charge in [-0.25, -0.2) is 4.98 Å². The number of aromatic nitrogens is 2. The van der Waals surface area contributed by atoms with Gasteiger partial charge in [0.1, 0.15) is 11.6 Å². The lowest BCUT2D eigenvalue weighted by atomic mass is 9.96. The average molecular weight is 468 g/mol. The smallest absolute Gasteiger partial charge is 0.253 e. The Hall–Kier alpha value is -4.10. The molecule has 2 aromatic heterocycles. The van der Waals surface area contributed by atoms with Gasteiger partial charge in [-0.15, -0.1) is 0 Å². The van der Waals surface area contributed by atoms with Gasteiger partial charge in [-0.2, -0.15) is 5.48 Å². The maximum atomic E-state index is 12.5. The van der Waals surface area contributed by atoms with Gasteiger partial charge in [0.05, 0.1) is 11.6 Å². The van der Waals surface area contributed by atoms with Crippen molar-refractivity contribution in [3.8, 4) is 5.75 Å². The van der Waals surface area contributed by atoms with Crippen molar-refractivity contribution in [2.45, 2.75) is 38.4 Å². The molecule has 0 spiro atoms. The fraction of sp³-hybridized carbons (Fsp3) is 0.214. The highest BCUT2D eigenvalue weighted by molar-refractivity contribution is 5.94. The van der Waals surface area contributed by atoms with Gasteiger partial charge in [0, 0.05) is 48.7 Å². The normalized spacial score (nSPS) is 18.0. The number of carbonyl (C=O) groups is 1. The van der Waals surface area contributed by atoms with E-state index < -0.39 is 0 Å². The number of hydrogen-bond donors (Lipinski definition) is 3. The van der Waals surface area contributed by atoms with Crippen LogP contribution in [0.2, 0.25) is 0 Å². The number of fused-ring (bicyclic) bond motifs is 1. The third-order valence-corrected chi connectivity index (χ3v) is 6.31. The second kappa shape index (κ2) is 10.0. The molecule has 7 heteroatoms. The summed E-state index contributed by atoms with van der Waals surface area (Å²) < 4.78 is 0. The number of H-pyrrole nitrogens is 1. The van der Waals surface area contributed by atoms with Crippen molar-refractivity contribution in [1.29, 1.82) is 0 Å². The third-order valence-electron chi connectivity index (χ3n) is 6.31. The number of carbonyl (C=O) groups excluding carboxylic acids is 1. The van der Waals surface area contributed by atoms with Crippen LogP contribution in [-0.4, -0.2) is 28.0 Å². The van der Waals surface area contributed by atoms with Gasteiger partial charge in [0.15, 0.2) is 0 Å². The molecule has 1 saturated heterocycles. The molecule has 1 fully saturated rings. The summed E-state index contributed by atoms with van der Waals surface area (Å²) in [5.74, 6) is 1.42. The predicted molar refractivity (Wildman–Crippen MR) is 138 cm³/mol. The molecule has 35 heavy (non-hydrogen) atoms. The average Bonchev–Trinajstić information content (AvgIpc) is 3.35. The lowest BCUT2D eigenvalue weighted by molar-refractivity contribution is 0.0950. The zero-order chi connectivity index (χ0) is 24.2. The van der Waals surface area contributed by atoms with Crippen LogP contribution in [0.15, 0.2) is 91.4 Å². The monoisotopic (exact) mass is 467 g/mol. The van der Waals surface area contributed by atoms with Crippen LogP contribution in [0.1, 0.15) is 35.7 Å². The van der Waals surface area contributed by atoms with E-state index in [1.54, 1.807) is 6.20 Å². The molecule has 0 saturated carbocycles. The van der Waals surface area contributed by atoms with Gasteiger partial charge in [-0.3, -0.25) is 4.79 Å². The van der Waals surface area contributed by atoms with Gasteiger partial charge in [-0.1, -0.05) is 36.9 Å². The van der Waals surface area contributed by atoms with Crippen LogP contribution in [-0.2, 0) is 6.54 Å². The molecule has 4 aromatic rings. The summed E-state index contributed by atoms with van der Waals surface area (Å²) in [5.41, 5.74) is 6.79. The number of piperidine rings is 1. The maximum absolute atomic E-state index is 12.5. The van der Waals surface area contributed by atoms with Crippen LogP contribution in [0, 0.1) is 0 Å². The fourth-order valence-corrected chi connectivity index (χ4v) is 4.56. The van der Waals surface area contributed by atoms with Gasteiger partial charge < -0.3 is 20.0 Å². The molecule has 1 aliphatic rings. The summed E-state index contributed by atoms with van der Waals surface area (Å²) in [7, 11) is 0. The van der Waals surface area contributed by atoms with Crippen molar-refractivity contribution in [3.63, 3.8) is 0 Å². The number of hydrogen-bond acceptors (Lipinski definition) is 5. The molecule has 1 aliphatic heterocycles. The van der Waals surface area contributed by atoms with E-state index in [1.165, 1.54) is 0 Å². The second-order valence-corrected chi connectivity index (χ2v) is 8.94. The van der Waals surface area contributed by atoms with Crippen LogP contribution >= 0.6 is 0 Å². The Kier molecular flexibility index (Phi) is 6.50. The van der Waals surface area contributed by atoms with Crippen molar-refractivity contribution in [2.75, 3.05) is 4.90 Å². The molecule has 0 radical (unpaired) electrons. The summed E-state index contributed by atoms with van der Waals surface area (Å²) >= 11 is 0. The number of anilines is 1. The fourth-order valence-electron chi connectivity index (χ4n) is 4.56. The number of rotatable bonds is 7. The first kappa shape index (κ1) is 22.7. The summed E-state index contributed by atoms with van der Waals surface area (Å²) in [6.45, 7) is 6.92. The molecular formula is C28H29N5O2. The Bertz CT molecular complexity index is 1320. The van der Waals surface area contributed by atoms with Crippen molar-refractivity contribution in [2.24, 2.45) is 0 Å². The lowest BCUT2D eigenvalue weighted by Crippen LogP contribution is -2.47. The Morgan fingerprint density at radius 1 is 1.17 bits per heavy atom.